The van der Waals surface area contributed by atoms with Gasteiger partial charge in [-0.15, -0.1) is 0 Å². The van der Waals surface area contributed by atoms with Crippen LogP contribution in [0.1, 0.15) is 19.8 Å². The van der Waals surface area contributed by atoms with Gasteiger partial charge >= 0.3 is 5.97 Å². The second-order valence-corrected chi connectivity index (χ2v) is 6.02. The topological polar surface area (TPSA) is 82.5 Å². The first-order chi connectivity index (χ1) is 10.5. The molecule has 0 spiro atoms. The molecule has 22 heavy (non-hydrogen) atoms. The molecule has 0 bridgehead atoms. The molecule has 1 aromatic heterocycles. The number of carbonyl (C=O) groups excluding carboxylic acids is 1. The van der Waals surface area contributed by atoms with E-state index in [0.29, 0.717) is 5.02 Å². The van der Waals surface area contributed by atoms with Gasteiger partial charge in [0.15, 0.2) is 0 Å². The van der Waals surface area contributed by atoms with Crippen LogP contribution in [0.3, 0.4) is 0 Å². The SMILES string of the molecule is CC(CNC(=O)C1CCN(c2ccc(Cl)cn2)CC1)C(=O)O. The van der Waals surface area contributed by atoms with Crippen LogP contribution in [-0.2, 0) is 9.59 Å². The zero-order valence-corrected chi connectivity index (χ0v) is 13.2. The summed E-state index contributed by atoms with van der Waals surface area (Å²) >= 11 is 5.82. The van der Waals surface area contributed by atoms with Crippen molar-refractivity contribution in [3.8, 4) is 0 Å². The lowest BCUT2D eigenvalue weighted by Gasteiger charge is -2.32. The molecule has 1 saturated heterocycles. The number of aliphatic carboxylic acids is 1. The minimum Gasteiger partial charge on any atom is -0.481 e. The zero-order valence-electron chi connectivity index (χ0n) is 12.5. The monoisotopic (exact) mass is 325 g/mol. The van der Waals surface area contributed by atoms with Gasteiger partial charge in [0, 0.05) is 31.7 Å². The highest BCUT2D eigenvalue weighted by atomic mass is 35.5. The molecule has 7 heteroatoms. The predicted octanol–water partition coefficient (Wildman–Crippen LogP) is 1.79. The van der Waals surface area contributed by atoms with Gasteiger partial charge in [-0.3, -0.25) is 9.59 Å². The number of hydrogen-bond acceptors (Lipinski definition) is 4. The van der Waals surface area contributed by atoms with Gasteiger partial charge in [0.2, 0.25) is 5.91 Å². The number of hydrogen-bond donors (Lipinski definition) is 2. The second kappa shape index (κ2) is 7.45. The van der Waals surface area contributed by atoms with Crippen LogP contribution in [0.15, 0.2) is 18.3 Å². The minimum atomic E-state index is -0.899. The van der Waals surface area contributed by atoms with Crippen LogP contribution in [0.25, 0.3) is 0 Å². The smallest absolute Gasteiger partial charge is 0.308 e. The number of pyridine rings is 1. The fraction of sp³-hybridized carbons (Fsp3) is 0.533. The Morgan fingerprint density at radius 2 is 2.14 bits per heavy atom. The van der Waals surface area contributed by atoms with Gasteiger partial charge in [-0.2, -0.15) is 0 Å². The van der Waals surface area contributed by atoms with E-state index in [2.05, 4.69) is 15.2 Å². The molecule has 6 nitrogen and oxygen atoms in total. The number of carboxylic acid groups (broad SMARTS) is 1. The number of aromatic nitrogens is 1. The molecule has 0 saturated carbocycles. The van der Waals surface area contributed by atoms with Gasteiger partial charge in [-0.05, 0) is 25.0 Å². The molecule has 2 heterocycles. The van der Waals surface area contributed by atoms with Gasteiger partial charge in [-0.1, -0.05) is 18.5 Å². The number of carbonyl (C=O) groups is 2. The molecule has 1 atom stereocenters. The van der Waals surface area contributed by atoms with Crippen LogP contribution in [0, 0.1) is 11.8 Å². The van der Waals surface area contributed by atoms with Crippen molar-refractivity contribution < 1.29 is 14.7 Å². The van der Waals surface area contributed by atoms with Crippen LogP contribution in [0.5, 0.6) is 0 Å². The van der Waals surface area contributed by atoms with Gasteiger partial charge in [-0.25, -0.2) is 4.98 Å². The van der Waals surface area contributed by atoms with Crippen molar-refractivity contribution in [3.63, 3.8) is 0 Å². The second-order valence-electron chi connectivity index (χ2n) is 5.58. The van der Waals surface area contributed by atoms with Gasteiger partial charge in [0.1, 0.15) is 5.82 Å². The van der Waals surface area contributed by atoms with E-state index in [1.54, 1.807) is 19.2 Å². The van der Waals surface area contributed by atoms with E-state index >= 15 is 0 Å². The van der Waals surface area contributed by atoms with Crippen molar-refractivity contribution in [1.29, 1.82) is 0 Å². The standard InChI is InChI=1S/C15H20ClN3O3/c1-10(15(21)22)8-18-14(20)11-4-6-19(7-5-11)13-3-2-12(16)9-17-13/h2-3,9-11H,4-8H2,1H3,(H,18,20)(H,21,22). The molecule has 0 radical (unpaired) electrons. The fourth-order valence-electron chi connectivity index (χ4n) is 2.41. The third-order valence-corrected chi connectivity index (χ3v) is 4.13. The summed E-state index contributed by atoms with van der Waals surface area (Å²) in [5, 5.41) is 12.1. The number of nitrogens with zero attached hydrogens (tertiary/aromatic N) is 2. The highest BCUT2D eigenvalue weighted by Gasteiger charge is 2.26. The third-order valence-electron chi connectivity index (χ3n) is 3.91. The van der Waals surface area contributed by atoms with Gasteiger partial charge in [0.05, 0.1) is 10.9 Å². The summed E-state index contributed by atoms with van der Waals surface area (Å²) in [6.45, 7) is 3.26. The van der Waals surface area contributed by atoms with Crippen LogP contribution >= 0.6 is 11.6 Å². The normalized spacial score (nSPS) is 17.1. The Morgan fingerprint density at radius 1 is 1.45 bits per heavy atom. The highest BCUT2D eigenvalue weighted by Crippen LogP contribution is 2.22. The predicted molar refractivity (Wildman–Crippen MR) is 84.0 cm³/mol. The summed E-state index contributed by atoms with van der Waals surface area (Å²) < 4.78 is 0. The van der Waals surface area contributed by atoms with Crippen molar-refractivity contribution in [2.75, 3.05) is 24.5 Å². The minimum absolute atomic E-state index is 0.0585. The molecule has 1 aromatic rings. The van der Waals surface area contributed by atoms with Crippen LogP contribution < -0.4 is 10.2 Å². The Morgan fingerprint density at radius 3 is 2.68 bits per heavy atom. The lowest BCUT2D eigenvalue weighted by atomic mass is 9.95. The quantitative estimate of drug-likeness (QED) is 0.862. The van der Waals surface area contributed by atoms with Gasteiger partial charge in [0.25, 0.3) is 0 Å². The number of carboxylic acids is 1. The van der Waals surface area contributed by atoms with E-state index in [0.717, 1.165) is 31.7 Å². The number of rotatable bonds is 5. The molecule has 2 N–H and O–H groups in total. The molecular weight excluding hydrogens is 306 g/mol. The molecule has 0 aromatic carbocycles. The maximum absolute atomic E-state index is 12.1. The average Bonchev–Trinajstić information content (AvgIpc) is 2.53. The van der Waals surface area contributed by atoms with E-state index < -0.39 is 11.9 Å². The molecule has 1 fully saturated rings. The maximum Gasteiger partial charge on any atom is 0.308 e. The summed E-state index contributed by atoms with van der Waals surface area (Å²) in [5.41, 5.74) is 0. The largest absolute Gasteiger partial charge is 0.481 e. The Bertz CT molecular complexity index is 527. The Kier molecular flexibility index (Phi) is 5.60. The average molecular weight is 326 g/mol. The Hall–Kier alpha value is -1.82. The summed E-state index contributed by atoms with van der Waals surface area (Å²) in [4.78, 5) is 29.2. The first-order valence-corrected chi connectivity index (χ1v) is 7.72. The van der Waals surface area contributed by atoms with E-state index in [-0.39, 0.29) is 18.4 Å². The highest BCUT2D eigenvalue weighted by molar-refractivity contribution is 6.30. The summed E-state index contributed by atoms with van der Waals surface area (Å²) in [7, 11) is 0. The number of anilines is 1. The number of amides is 1. The number of piperidine rings is 1. The third kappa shape index (κ3) is 4.34. The molecule has 1 aliphatic rings. The fourth-order valence-corrected chi connectivity index (χ4v) is 2.52. The van der Waals surface area contributed by atoms with E-state index in [1.807, 2.05) is 6.07 Å². The van der Waals surface area contributed by atoms with Crippen molar-refractivity contribution in [1.82, 2.24) is 10.3 Å². The number of nitrogens with one attached hydrogen (secondary N) is 1. The van der Waals surface area contributed by atoms with Crippen LogP contribution in [0.4, 0.5) is 5.82 Å². The molecule has 1 unspecified atom stereocenters. The van der Waals surface area contributed by atoms with E-state index in [9.17, 15) is 9.59 Å². The molecule has 120 valence electrons. The lowest BCUT2D eigenvalue weighted by Crippen LogP contribution is -2.42. The maximum atomic E-state index is 12.1. The summed E-state index contributed by atoms with van der Waals surface area (Å²) in [6, 6.07) is 3.67. The molecule has 1 amide bonds. The Labute approximate surface area is 134 Å². The molecule has 2 rings (SSSR count). The summed E-state index contributed by atoms with van der Waals surface area (Å²) in [6.07, 6.45) is 3.08. The first kappa shape index (κ1) is 16.5. The van der Waals surface area contributed by atoms with Crippen molar-refractivity contribution >= 4 is 29.3 Å². The van der Waals surface area contributed by atoms with Crippen molar-refractivity contribution in [2.45, 2.75) is 19.8 Å². The molecule has 0 aliphatic carbocycles. The molecule has 1 aliphatic heterocycles. The summed E-state index contributed by atoms with van der Waals surface area (Å²) in [5.74, 6) is -0.727. The van der Waals surface area contributed by atoms with Gasteiger partial charge < -0.3 is 15.3 Å². The van der Waals surface area contributed by atoms with E-state index in [4.69, 9.17) is 16.7 Å². The first-order valence-electron chi connectivity index (χ1n) is 7.34. The lowest BCUT2D eigenvalue weighted by molar-refractivity contribution is -0.141. The number of halogens is 1. The van der Waals surface area contributed by atoms with Crippen LogP contribution in [-0.4, -0.2) is 41.6 Å². The molecular formula is C15H20ClN3O3. The Balaban J connectivity index is 1.80. The van der Waals surface area contributed by atoms with Crippen molar-refractivity contribution in [2.24, 2.45) is 11.8 Å². The van der Waals surface area contributed by atoms with Crippen molar-refractivity contribution in [3.05, 3.63) is 23.4 Å². The van der Waals surface area contributed by atoms with Crippen LogP contribution in [0.2, 0.25) is 5.02 Å². The zero-order chi connectivity index (χ0) is 16.1. The van der Waals surface area contributed by atoms with E-state index in [1.165, 1.54) is 0 Å².